The summed E-state index contributed by atoms with van der Waals surface area (Å²) in [5, 5.41) is 0. The van der Waals surface area contributed by atoms with Crippen LogP contribution < -0.4 is 0 Å². The molecule has 2 heteroatoms. The third-order valence-corrected chi connectivity index (χ3v) is 2.50. The zero-order valence-electron chi connectivity index (χ0n) is 7.80. The van der Waals surface area contributed by atoms with Crippen LogP contribution in [0.15, 0.2) is 0 Å². The molecule has 1 fully saturated rings. The highest BCUT2D eigenvalue weighted by Crippen LogP contribution is 2.09. The van der Waals surface area contributed by atoms with Gasteiger partial charge in [-0.25, -0.2) is 0 Å². The minimum atomic E-state index is 0.733. The van der Waals surface area contributed by atoms with Gasteiger partial charge in [-0.2, -0.15) is 0 Å². The summed E-state index contributed by atoms with van der Waals surface area (Å²) >= 11 is 0. The van der Waals surface area contributed by atoms with Gasteiger partial charge in [-0.1, -0.05) is 12.8 Å². The topological polar surface area (TPSA) is 20.3 Å². The van der Waals surface area contributed by atoms with Crippen LogP contribution in [0, 0.1) is 0 Å². The number of likely N-dealkylation sites (tertiary alicyclic amines) is 1. The van der Waals surface area contributed by atoms with Crippen molar-refractivity contribution in [3.8, 4) is 0 Å². The van der Waals surface area contributed by atoms with E-state index in [4.69, 9.17) is 0 Å². The summed E-state index contributed by atoms with van der Waals surface area (Å²) in [5.74, 6) is 0. The average Bonchev–Trinajstić information content (AvgIpc) is 2.33. The first kappa shape index (κ1) is 9.72. The first-order valence-corrected chi connectivity index (χ1v) is 5.09. The Morgan fingerprint density at radius 3 is 2.33 bits per heavy atom. The predicted molar refractivity (Wildman–Crippen MR) is 50.2 cm³/mol. The second-order valence-electron chi connectivity index (χ2n) is 3.56. The third kappa shape index (κ3) is 3.86. The molecule has 1 aliphatic rings. The molecule has 1 rings (SSSR count). The first-order chi connectivity index (χ1) is 5.93. The number of nitrogens with zero attached hydrogens (tertiary/aromatic N) is 1. The van der Waals surface area contributed by atoms with Crippen LogP contribution in [0.3, 0.4) is 0 Å². The molecule has 0 N–H and O–H groups in total. The Labute approximate surface area is 74.9 Å². The minimum Gasteiger partial charge on any atom is -0.303 e. The van der Waals surface area contributed by atoms with E-state index in [2.05, 4.69) is 4.90 Å². The lowest BCUT2D eigenvalue weighted by molar-refractivity contribution is -0.108. The van der Waals surface area contributed by atoms with E-state index in [9.17, 15) is 4.79 Å². The highest BCUT2D eigenvalue weighted by molar-refractivity contribution is 5.48. The van der Waals surface area contributed by atoms with Gasteiger partial charge in [0.25, 0.3) is 0 Å². The normalized spacial score (nSPS) is 20.3. The summed E-state index contributed by atoms with van der Waals surface area (Å²) in [6.07, 6.45) is 8.29. The molecule has 70 valence electrons. The zero-order valence-corrected chi connectivity index (χ0v) is 7.80. The molecule has 12 heavy (non-hydrogen) atoms. The summed E-state index contributed by atoms with van der Waals surface area (Å²) in [5.41, 5.74) is 0. The first-order valence-electron chi connectivity index (χ1n) is 5.09. The van der Waals surface area contributed by atoms with Gasteiger partial charge in [-0.3, -0.25) is 0 Å². The lowest BCUT2D eigenvalue weighted by Crippen LogP contribution is -2.25. The van der Waals surface area contributed by atoms with Crippen LogP contribution in [0.5, 0.6) is 0 Å². The number of hydrogen-bond acceptors (Lipinski definition) is 2. The summed E-state index contributed by atoms with van der Waals surface area (Å²) < 4.78 is 0. The van der Waals surface area contributed by atoms with E-state index in [-0.39, 0.29) is 0 Å². The maximum Gasteiger partial charge on any atom is 0.120 e. The van der Waals surface area contributed by atoms with Crippen molar-refractivity contribution in [1.82, 2.24) is 4.90 Å². The molecule has 0 aromatic rings. The standard InChI is InChI=1S/C10H19NO/c12-10-6-5-9-11-7-3-1-2-4-8-11/h10H,1-9H2. The van der Waals surface area contributed by atoms with Gasteiger partial charge < -0.3 is 9.69 Å². The predicted octanol–water partition coefficient (Wildman–Crippen LogP) is 1.84. The maximum atomic E-state index is 10.1. The largest absolute Gasteiger partial charge is 0.303 e. The van der Waals surface area contributed by atoms with Gasteiger partial charge in [0.1, 0.15) is 6.29 Å². The van der Waals surface area contributed by atoms with Crippen molar-refractivity contribution in [2.24, 2.45) is 0 Å². The van der Waals surface area contributed by atoms with Crippen molar-refractivity contribution in [2.75, 3.05) is 19.6 Å². The molecule has 1 saturated heterocycles. The van der Waals surface area contributed by atoms with Gasteiger partial charge in [-0.15, -0.1) is 0 Å². The van der Waals surface area contributed by atoms with Crippen LogP contribution in [0.25, 0.3) is 0 Å². The molecule has 0 bridgehead atoms. The average molecular weight is 169 g/mol. The zero-order chi connectivity index (χ0) is 8.65. The molecule has 0 amide bonds. The Bertz CT molecular complexity index is 117. The molecule has 0 radical (unpaired) electrons. The van der Waals surface area contributed by atoms with Gasteiger partial charge >= 0.3 is 0 Å². The highest BCUT2D eigenvalue weighted by atomic mass is 16.1. The van der Waals surface area contributed by atoms with E-state index in [0.717, 1.165) is 25.7 Å². The van der Waals surface area contributed by atoms with Crippen molar-refractivity contribution < 1.29 is 4.79 Å². The number of hydrogen-bond donors (Lipinski definition) is 0. The summed E-state index contributed by atoms with van der Waals surface area (Å²) in [6.45, 7) is 3.62. The molecule has 0 atom stereocenters. The van der Waals surface area contributed by atoms with Crippen molar-refractivity contribution in [3.63, 3.8) is 0 Å². The fourth-order valence-corrected chi connectivity index (χ4v) is 1.76. The fraction of sp³-hybridized carbons (Fsp3) is 0.900. The third-order valence-electron chi connectivity index (χ3n) is 2.50. The van der Waals surface area contributed by atoms with Crippen molar-refractivity contribution in [2.45, 2.75) is 38.5 Å². The number of carbonyl (C=O) groups excluding carboxylic acids is 1. The summed E-state index contributed by atoms with van der Waals surface area (Å²) in [6, 6.07) is 0. The van der Waals surface area contributed by atoms with Crippen LogP contribution in [0.1, 0.15) is 38.5 Å². The Kier molecular flexibility index (Phi) is 5.00. The smallest absolute Gasteiger partial charge is 0.120 e. The van der Waals surface area contributed by atoms with Crippen LogP contribution in [0.2, 0.25) is 0 Å². The number of carbonyl (C=O) groups is 1. The Hall–Kier alpha value is -0.370. The molecular weight excluding hydrogens is 150 g/mol. The molecule has 0 spiro atoms. The lowest BCUT2D eigenvalue weighted by Gasteiger charge is -2.18. The maximum absolute atomic E-state index is 10.1. The van der Waals surface area contributed by atoms with E-state index >= 15 is 0 Å². The van der Waals surface area contributed by atoms with E-state index in [0.29, 0.717) is 0 Å². The van der Waals surface area contributed by atoms with E-state index in [1.807, 2.05) is 0 Å². The van der Waals surface area contributed by atoms with Crippen LogP contribution in [-0.2, 0) is 4.79 Å². The van der Waals surface area contributed by atoms with Gasteiger partial charge in [0.05, 0.1) is 0 Å². The molecule has 0 saturated carbocycles. The van der Waals surface area contributed by atoms with Crippen LogP contribution in [0.4, 0.5) is 0 Å². The van der Waals surface area contributed by atoms with Gasteiger partial charge in [-0.05, 0) is 38.9 Å². The Morgan fingerprint density at radius 1 is 1.08 bits per heavy atom. The number of aldehydes is 1. The quantitative estimate of drug-likeness (QED) is 0.473. The monoisotopic (exact) mass is 169 g/mol. The molecule has 0 aliphatic carbocycles. The van der Waals surface area contributed by atoms with Gasteiger partial charge in [0.15, 0.2) is 0 Å². The highest BCUT2D eigenvalue weighted by Gasteiger charge is 2.07. The molecule has 0 aromatic heterocycles. The molecule has 2 nitrogen and oxygen atoms in total. The van der Waals surface area contributed by atoms with Gasteiger partial charge in [0.2, 0.25) is 0 Å². The minimum absolute atomic E-state index is 0.733. The second-order valence-corrected chi connectivity index (χ2v) is 3.56. The lowest BCUT2D eigenvalue weighted by atomic mass is 10.2. The van der Waals surface area contributed by atoms with Crippen LogP contribution in [-0.4, -0.2) is 30.8 Å². The molecule has 1 aliphatic heterocycles. The fourth-order valence-electron chi connectivity index (χ4n) is 1.76. The van der Waals surface area contributed by atoms with Crippen molar-refractivity contribution >= 4 is 6.29 Å². The second kappa shape index (κ2) is 6.18. The summed E-state index contributed by atoms with van der Waals surface area (Å²) in [4.78, 5) is 12.6. The Balaban J connectivity index is 2.07. The number of rotatable bonds is 4. The Morgan fingerprint density at radius 2 is 1.75 bits per heavy atom. The molecule has 1 heterocycles. The number of unbranched alkanes of at least 4 members (excludes halogenated alkanes) is 1. The van der Waals surface area contributed by atoms with E-state index in [1.54, 1.807) is 0 Å². The van der Waals surface area contributed by atoms with Crippen molar-refractivity contribution in [3.05, 3.63) is 0 Å². The van der Waals surface area contributed by atoms with E-state index in [1.165, 1.54) is 38.8 Å². The van der Waals surface area contributed by atoms with Crippen LogP contribution >= 0.6 is 0 Å². The van der Waals surface area contributed by atoms with E-state index < -0.39 is 0 Å². The molecule has 0 aromatic carbocycles. The summed E-state index contributed by atoms with van der Waals surface area (Å²) in [7, 11) is 0. The molecule has 0 unspecified atom stereocenters. The SMILES string of the molecule is O=CCCCN1CCCCCC1. The van der Waals surface area contributed by atoms with Crippen molar-refractivity contribution in [1.29, 1.82) is 0 Å². The molecular formula is C10H19NO. The van der Waals surface area contributed by atoms with Gasteiger partial charge in [0, 0.05) is 6.42 Å².